The monoisotopic (exact) mass is 505 g/mol. The fourth-order valence-corrected chi connectivity index (χ4v) is 4.05. The van der Waals surface area contributed by atoms with Gasteiger partial charge in [0.25, 0.3) is 0 Å². The van der Waals surface area contributed by atoms with E-state index in [4.69, 9.17) is 21.1 Å². The zero-order valence-electron chi connectivity index (χ0n) is 17.6. The van der Waals surface area contributed by atoms with Gasteiger partial charge in [0.05, 0.1) is 16.6 Å². The van der Waals surface area contributed by atoms with Crippen LogP contribution in [0.15, 0.2) is 65.1 Å². The normalized spacial score (nSPS) is 11.9. The van der Waals surface area contributed by atoms with Crippen LogP contribution in [0.3, 0.4) is 0 Å². The lowest BCUT2D eigenvalue weighted by Gasteiger charge is -2.17. The lowest BCUT2D eigenvalue weighted by atomic mass is 10.1. The Morgan fingerprint density at radius 3 is 2.55 bits per heavy atom. The molecule has 0 saturated heterocycles. The Hall–Kier alpha value is -2.08. The molecule has 0 radical (unpaired) electrons. The van der Waals surface area contributed by atoms with E-state index in [0.29, 0.717) is 28.1 Å². The molecule has 0 saturated carbocycles. The van der Waals surface area contributed by atoms with E-state index >= 15 is 0 Å². The van der Waals surface area contributed by atoms with E-state index in [2.05, 4.69) is 52.4 Å². The summed E-state index contributed by atoms with van der Waals surface area (Å²) >= 11 is 9.68. The molecule has 3 nitrogen and oxygen atoms in total. The van der Waals surface area contributed by atoms with Gasteiger partial charge in [-0.15, -0.1) is 0 Å². The van der Waals surface area contributed by atoms with E-state index in [1.54, 1.807) is 13.2 Å². The number of nitrogens with one attached hydrogen (secondary N) is 1. The number of rotatable bonds is 10. The molecule has 0 amide bonds. The summed E-state index contributed by atoms with van der Waals surface area (Å²) in [5.41, 5.74) is 3.14. The van der Waals surface area contributed by atoms with Crippen LogP contribution in [0.25, 0.3) is 0 Å². The summed E-state index contributed by atoms with van der Waals surface area (Å²) < 4.78 is 25.5. The van der Waals surface area contributed by atoms with Gasteiger partial charge >= 0.3 is 0 Å². The second-order valence-electron chi connectivity index (χ2n) is 7.44. The first kappa shape index (κ1) is 23.6. The first-order valence-corrected chi connectivity index (χ1v) is 11.3. The first-order chi connectivity index (χ1) is 15.0. The molecule has 31 heavy (non-hydrogen) atoms. The fourth-order valence-electron chi connectivity index (χ4n) is 3.23. The van der Waals surface area contributed by atoms with Gasteiger partial charge in [0.2, 0.25) is 0 Å². The second kappa shape index (κ2) is 11.5. The molecule has 0 aliphatic rings. The van der Waals surface area contributed by atoms with Crippen LogP contribution in [0, 0.1) is 5.82 Å². The Morgan fingerprint density at radius 1 is 1.06 bits per heavy atom. The fraction of sp³-hybridized carbons (Fsp3) is 0.280. The van der Waals surface area contributed by atoms with Crippen LogP contribution in [0.4, 0.5) is 4.39 Å². The van der Waals surface area contributed by atoms with E-state index in [1.807, 2.05) is 18.2 Å². The van der Waals surface area contributed by atoms with Crippen molar-refractivity contribution in [3.05, 3.63) is 92.7 Å². The van der Waals surface area contributed by atoms with Crippen LogP contribution in [0.5, 0.6) is 11.5 Å². The summed E-state index contributed by atoms with van der Waals surface area (Å²) in [7, 11) is 1.61. The van der Waals surface area contributed by atoms with Gasteiger partial charge in [-0.2, -0.15) is 0 Å². The van der Waals surface area contributed by atoms with Crippen molar-refractivity contribution in [2.75, 3.05) is 7.11 Å². The standard InChI is InChI=1S/C25H26BrClFNO2/c1-17(8-9-18-6-4-3-5-7-18)29-15-19-12-22(26)25(24(13-19)30-2)31-16-20-10-11-21(28)14-23(20)27/h3-7,10-14,17,29H,8-9,15-16H2,1-2H3/t17-/m1/s1. The lowest BCUT2D eigenvalue weighted by molar-refractivity contribution is 0.282. The third-order valence-corrected chi connectivity index (χ3v) is 5.98. The highest BCUT2D eigenvalue weighted by Gasteiger charge is 2.14. The van der Waals surface area contributed by atoms with E-state index < -0.39 is 0 Å². The molecule has 164 valence electrons. The second-order valence-corrected chi connectivity index (χ2v) is 8.70. The summed E-state index contributed by atoms with van der Waals surface area (Å²) in [6, 6.07) is 19.1. The number of ether oxygens (including phenoxy) is 2. The SMILES string of the molecule is COc1cc(CN[C@H](C)CCc2ccccc2)cc(Br)c1OCc1ccc(F)cc1Cl. The van der Waals surface area contributed by atoms with Crippen LogP contribution in [-0.4, -0.2) is 13.2 Å². The Morgan fingerprint density at radius 2 is 1.84 bits per heavy atom. The van der Waals surface area contributed by atoms with Gasteiger partial charge in [-0.1, -0.05) is 48.0 Å². The highest BCUT2D eigenvalue weighted by molar-refractivity contribution is 9.10. The van der Waals surface area contributed by atoms with Crippen molar-refractivity contribution in [3.8, 4) is 11.5 Å². The van der Waals surface area contributed by atoms with Crippen molar-refractivity contribution in [1.29, 1.82) is 0 Å². The quantitative estimate of drug-likeness (QED) is 0.323. The first-order valence-electron chi connectivity index (χ1n) is 10.2. The number of benzene rings is 3. The maximum atomic E-state index is 13.2. The van der Waals surface area contributed by atoms with Crippen molar-refractivity contribution >= 4 is 27.5 Å². The molecule has 1 atom stereocenters. The minimum Gasteiger partial charge on any atom is -0.493 e. The predicted octanol–water partition coefficient (Wildman–Crippen LogP) is 6.94. The summed E-state index contributed by atoms with van der Waals surface area (Å²) in [4.78, 5) is 0. The summed E-state index contributed by atoms with van der Waals surface area (Å²) in [6.07, 6.45) is 2.10. The predicted molar refractivity (Wildman–Crippen MR) is 128 cm³/mol. The molecule has 3 rings (SSSR count). The van der Waals surface area contributed by atoms with Crippen LogP contribution >= 0.6 is 27.5 Å². The summed E-state index contributed by atoms with van der Waals surface area (Å²) in [5, 5.41) is 3.90. The van der Waals surface area contributed by atoms with Crippen LogP contribution in [0.2, 0.25) is 5.02 Å². The molecule has 0 unspecified atom stereocenters. The molecule has 0 bridgehead atoms. The molecular formula is C25H26BrClFNO2. The molecule has 0 aromatic heterocycles. The van der Waals surface area contributed by atoms with Crippen LogP contribution < -0.4 is 14.8 Å². The van der Waals surface area contributed by atoms with Crippen LogP contribution in [0.1, 0.15) is 30.0 Å². The molecule has 3 aromatic rings. The number of hydrogen-bond acceptors (Lipinski definition) is 3. The topological polar surface area (TPSA) is 30.5 Å². The number of aryl methyl sites for hydroxylation is 1. The van der Waals surface area contributed by atoms with E-state index in [1.165, 1.54) is 17.7 Å². The average molecular weight is 507 g/mol. The molecule has 1 N–H and O–H groups in total. The number of halogens is 3. The third kappa shape index (κ3) is 6.96. The van der Waals surface area contributed by atoms with E-state index in [0.717, 1.165) is 29.4 Å². The van der Waals surface area contributed by atoms with Crippen molar-refractivity contribution in [2.45, 2.75) is 39.0 Å². The highest BCUT2D eigenvalue weighted by Crippen LogP contribution is 2.37. The van der Waals surface area contributed by atoms with Gasteiger partial charge in [-0.05, 0) is 71.1 Å². The zero-order chi connectivity index (χ0) is 22.2. The van der Waals surface area contributed by atoms with Gasteiger partial charge in [-0.25, -0.2) is 4.39 Å². The Balaban J connectivity index is 1.59. The van der Waals surface area contributed by atoms with E-state index in [9.17, 15) is 4.39 Å². The smallest absolute Gasteiger partial charge is 0.175 e. The zero-order valence-corrected chi connectivity index (χ0v) is 20.0. The van der Waals surface area contributed by atoms with Gasteiger partial charge in [0, 0.05) is 18.2 Å². The maximum absolute atomic E-state index is 13.2. The van der Waals surface area contributed by atoms with Gasteiger partial charge in [-0.3, -0.25) is 0 Å². The summed E-state index contributed by atoms with van der Waals surface area (Å²) in [5.74, 6) is 0.840. The summed E-state index contributed by atoms with van der Waals surface area (Å²) in [6.45, 7) is 3.12. The Labute approximate surface area is 196 Å². The van der Waals surface area contributed by atoms with E-state index in [-0.39, 0.29) is 12.4 Å². The Kier molecular flexibility index (Phi) is 8.76. The average Bonchev–Trinajstić information content (AvgIpc) is 2.77. The van der Waals surface area contributed by atoms with Crippen molar-refractivity contribution in [2.24, 2.45) is 0 Å². The molecule has 0 spiro atoms. The molecule has 3 aromatic carbocycles. The molecule has 0 aliphatic heterocycles. The minimum atomic E-state index is -0.373. The van der Waals surface area contributed by atoms with Gasteiger partial charge < -0.3 is 14.8 Å². The van der Waals surface area contributed by atoms with Gasteiger partial charge in [0.1, 0.15) is 12.4 Å². The number of methoxy groups -OCH3 is 1. The van der Waals surface area contributed by atoms with Crippen molar-refractivity contribution < 1.29 is 13.9 Å². The maximum Gasteiger partial charge on any atom is 0.175 e. The third-order valence-electron chi connectivity index (χ3n) is 5.04. The molecule has 0 aliphatic carbocycles. The van der Waals surface area contributed by atoms with Gasteiger partial charge in [0.15, 0.2) is 11.5 Å². The van der Waals surface area contributed by atoms with Crippen LogP contribution in [-0.2, 0) is 19.6 Å². The molecule has 6 heteroatoms. The van der Waals surface area contributed by atoms with Crippen molar-refractivity contribution in [3.63, 3.8) is 0 Å². The minimum absolute atomic E-state index is 0.211. The number of hydrogen-bond donors (Lipinski definition) is 1. The lowest BCUT2D eigenvalue weighted by Crippen LogP contribution is -2.26. The molecule has 0 fully saturated rings. The highest BCUT2D eigenvalue weighted by atomic mass is 79.9. The molecule has 0 heterocycles. The van der Waals surface area contributed by atoms with Crippen molar-refractivity contribution in [1.82, 2.24) is 5.32 Å². The Bertz CT molecular complexity index is 1000. The largest absolute Gasteiger partial charge is 0.493 e. The molecular weight excluding hydrogens is 481 g/mol.